The largest absolute Gasteiger partial charge is 0.229 e. The quantitative estimate of drug-likeness (QED) is 0.183. The average Bonchev–Trinajstić information content (AvgIpc) is 3.15. The zero-order valence-corrected chi connectivity index (χ0v) is 16.4. The third-order valence-corrected chi connectivity index (χ3v) is 6.70. The minimum absolute atomic E-state index is 0.639. The molecule has 5 rings (SSSR count). The maximum absolute atomic E-state index is 9.81. The fourth-order valence-electron chi connectivity index (χ4n) is 3.41. The fourth-order valence-corrected chi connectivity index (χ4v) is 5.37. The van der Waals surface area contributed by atoms with E-state index in [9.17, 15) is 5.26 Å². The van der Waals surface area contributed by atoms with Crippen molar-refractivity contribution in [1.29, 1.82) is 5.26 Å². The van der Waals surface area contributed by atoms with Gasteiger partial charge in [-0.15, -0.1) is 11.3 Å². The summed E-state index contributed by atoms with van der Waals surface area (Å²) in [5, 5.41) is 14.5. The van der Waals surface area contributed by atoms with Gasteiger partial charge in [-0.1, -0.05) is 60.7 Å². The lowest BCUT2D eigenvalue weighted by Gasteiger charge is -2.09. The highest BCUT2D eigenvalue weighted by Crippen LogP contribution is 2.36. The molecular formula is C24H14N2S2. The molecule has 0 saturated carbocycles. The Hall–Kier alpha value is -3.13. The van der Waals surface area contributed by atoms with Crippen molar-refractivity contribution in [2.45, 2.75) is 4.34 Å². The molecule has 0 bridgehead atoms. The summed E-state index contributed by atoms with van der Waals surface area (Å²) >= 11 is 3.05. The topological polar surface area (TPSA) is 36.7 Å². The summed E-state index contributed by atoms with van der Waals surface area (Å²) in [6.45, 7) is 0. The molecule has 28 heavy (non-hydrogen) atoms. The molecule has 0 spiro atoms. The molecule has 0 N–H and O–H groups in total. The van der Waals surface area contributed by atoms with E-state index >= 15 is 0 Å². The lowest BCUT2D eigenvalue weighted by molar-refractivity contribution is 1.31. The van der Waals surface area contributed by atoms with Crippen LogP contribution in [-0.2, 0) is 0 Å². The summed E-state index contributed by atoms with van der Waals surface area (Å²) < 4.78 is 2.02. The van der Waals surface area contributed by atoms with Crippen LogP contribution in [0.3, 0.4) is 0 Å². The molecule has 4 heteroatoms. The van der Waals surface area contributed by atoms with Crippen molar-refractivity contribution in [3.05, 3.63) is 89.3 Å². The average molecular weight is 395 g/mol. The highest BCUT2D eigenvalue weighted by molar-refractivity contribution is 8.05. The number of rotatable bonds is 3. The first-order chi connectivity index (χ1) is 13.8. The third-order valence-electron chi connectivity index (χ3n) is 4.67. The zero-order valence-electron chi connectivity index (χ0n) is 14.8. The number of nitrogens with zero attached hydrogens (tertiary/aromatic N) is 2. The minimum atomic E-state index is 0.639. The van der Waals surface area contributed by atoms with Gasteiger partial charge >= 0.3 is 0 Å². The summed E-state index contributed by atoms with van der Waals surface area (Å²) in [5.74, 6) is 0. The van der Waals surface area contributed by atoms with Crippen LogP contribution in [0, 0.1) is 11.3 Å². The maximum atomic E-state index is 9.81. The highest BCUT2D eigenvalue weighted by atomic mass is 32.2. The number of para-hydroxylation sites is 1. The molecule has 132 valence electrons. The molecule has 0 aliphatic carbocycles. The van der Waals surface area contributed by atoms with Crippen LogP contribution in [0.5, 0.6) is 0 Å². The minimum Gasteiger partial charge on any atom is -0.229 e. The van der Waals surface area contributed by atoms with Gasteiger partial charge in [0, 0.05) is 0 Å². The molecule has 0 aliphatic rings. The van der Waals surface area contributed by atoms with Crippen LogP contribution in [0.15, 0.2) is 88.1 Å². The second-order valence-electron chi connectivity index (χ2n) is 6.40. The smallest absolute Gasteiger partial charge is 0.156 e. The van der Waals surface area contributed by atoms with Crippen molar-refractivity contribution in [1.82, 2.24) is 4.98 Å². The first-order valence-corrected chi connectivity index (χ1v) is 10.5. The van der Waals surface area contributed by atoms with Crippen molar-refractivity contribution in [2.24, 2.45) is 0 Å². The number of hydrogen-bond acceptors (Lipinski definition) is 4. The number of nitriles is 1. The summed E-state index contributed by atoms with van der Waals surface area (Å²) in [4.78, 5) is 5.30. The summed E-state index contributed by atoms with van der Waals surface area (Å²) in [6.07, 6.45) is 2.00. The standard InChI is InChI=1S/C24H14N2S2/c25-15-18(27-24-26-22-11-5-6-12-23(22)28-24)14-21-19-9-3-1-7-16(19)13-17-8-2-4-10-20(17)21/h1-14H/b18-14+. The van der Waals surface area contributed by atoms with Crippen LogP contribution in [-0.4, -0.2) is 4.98 Å². The molecule has 5 aromatic rings. The predicted molar refractivity (Wildman–Crippen MR) is 121 cm³/mol. The first kappa shape index (κ1) is 17.0. The van der Waals surface area contributed by atoms with E-state index in [0.717, 1.165) is 30.9 Å². The molecule has 4 aromatic carbocycles. The van der Waals surface area contributed by atoms with E-state index in [1.165, 1.54) is 22.5 Å². The number of thiazole rings is 1. The molecule has 0 amide bonds. The number of aromatic nitrogens is 1. The molecule has 0 fully saturated rings. The zero-order chi connectivity index (χ0) is 18.9. The van der Waals surface area contributed by atoms with E-state index in [1.807, 2.05) is 48.5 Å². The van der Waals surface area contributed by atoms with Crippen molar-refractivity contribution >= 4 is 60.9 Å². The molecule has 1 aromatic heterocycles. The second-order valence-corrected chi connectivity index (χ2v) is 8.72. The van der Waals surface area contributed by atoms with E-state index in [0.29, 0.717) is 4.91 Å². The fraction of sp³-hybridized carbons (Fsp3) is 0. The van der Waals surface area contributed by atoms with Crippen molar-refractivity contribution in [3.63, 3.8) is 0 Å². The molecule has 0 aliphatic heterocycles. The van der Waals surface area contributed by atoms with Crippen LogP contribution >= 0.6 is 23.1 Å². The Morgan fingerprint density at radius 3 is 2.21 bits per heavy atom. The summed E-state index contributed by atoms with van der Waals surface area (Å²) in [7, 11) is 0. The molecular weight excluding hydrogens is 380 g/mol. The Labute approximate surface area is 170 Å². The second kappa shape index (κ2) is 7.12. The van der Waals surface area contributed by atoms with Crippen LogP contribution < -0.4 is 0 Å². The van der Waals surface area contributed by atoms with Crippen LogP contribution in [0.1, 0.15) is 5.56 Å². The summed E-state index contributed by atoms with van der Waals surface area (Å²) in [6, 6.07) is 29.3. The number of allylic oxidation sites excluding steroid dienone is 1. The van der Waals surface area contributed by atoms with E-state index < -0.39 is 0 Å². The van der Waals surface area contributed by atoms with E-state index in [4.69, 9.17) is 0 Å². The van der Waals surface area contributed by atoms with E-state index in [2.05, 4.69) is 47.5 Å². The van der Waals surface area contributed by atoms with Gasteiger partial charge in [-0.2, -0.15) is 5.26 Å². The molecule has 0 saturated heterocycles. The SMILES string of the molecule is N#C/C(=C\c1c2ccccc2cc2ccccc12)Sc1nc2ccccc2s1. The molecule has 0 atom stereocenters. The van der Waals surface area contributed by atoms with Crippen LogP contribution in [0.2, 0.25) is 0 Å². The highest BCUT2D eigenvalue weighted by Gasteiger charge is 2.10. The Morgan fingerprint density at radius 2 is 1.54 bits per heavy atom. The molecule has 0 unspecified atom stereocenters. The van der Waals surface area contributed by atoms with Gasteiger partial charge in [0.1, 0.15) is 6.07 Å². The number of thioether (sulfide) groups is 1. The van der Waals surface area contributed by atoms with Gasteiger partial charge in [0.25, 0.3) is 0 Å². The van der Waals surface area contributed by atoms with Crippen molar-refractivity contribution in [3.8, 4) is 6.07 Å². The monoisotopic (exact) mass is 394 g/mol. The number of benzene rings is 4. The Kier molecular flexibility index (Phi) is 4.32. The lowest BCUT2D eigenvalue weighted by atomic mass is 9.96. The van der Waals surface area contributed by atoms with Crippen LogP contribution in [0.25, 0.3) is 37.8 Å². The van der Waals surface area contributed by atoms with Gasteiger partial charge in [0.15, 0.2) is 4.34 Å². The first-order valence-electron chi connectivity index (χ1n) is 8.87. The predicted octanol–water partition coefficient (Wildman–Crippen LogP) is 7.26. The Balaban J connectivity index is 1.66. The van der Waals surface area contributed by atoms with Gasteiger partial charge < -0.3 is 0 Å². The van der Waals surface area contributed by atoms with Crippen molar-refractivity contribution < 1.29 is 0 Å². The van der Waals surface area contributed by atoms with Crippen molar-refractivity contribution in [2.75, 3.05) is 0 Å². The molecule has 1 heterocycles. The summed E-state index contributed by atoms with van der Waals surface area (Å²) in [5.41, 5.74) is 2.06. The third kappa shape index (κ3) is 3.05. The number of fused-ring (bicyclic) bond motifs is 3. The van der Waals surface area contributed by atoms with Gasteiger partial charge in [-0.05, 0) is 63.1 Å². The van der Waals surface area contributed by atoms with Gasteiger partial charge in [0.05, 0.1) is 15.1 Å². The molecule has 2 nitrogen and oxygen atoms in total. The van der Waals surface area contributed by atoms with E-state index in [-0.39, 0.29) is 0 Å². The van der Waals surface area contributed by atoms with Gasteiger partial charge in [0.2, 0.25) is 0 Å². The number of hydrogen-bond donors (Lipinski definition) is 0. The lowest BCUT2D eigenvalue weighted by Crippen LogP contribution is -1.84. The molecule has 0 radical (unpaired) electrons. The Morgan fingerprint density at radius 1 is 0.893 bits per heavy atom. The van der Waals surface area contributed by atoms with Gasteiger partial charge in [-0.3, -0.25) is 0 Å². The Bertz CT molecular complexity index is 1320. The van der Waals surface area contributed by atoms with E-state index in [1.54, 1.807) is 11.3 Å². The van der Waals surface area contributed by atoms with Crippen LogP contribution in [0.4, 0.5) is 0 Å². The normalized spacial score (nSPS) is 11.9. The maximum Gasteiger partial charge on any atom is 0.156 e. The van der Waals surface area contributed by atoms with Gasteiger partial charge in [-0.25, -0.2) is 4.98 Å².